The highest BCUT2D eigenvalue weighted by Crippen LogP contribution is 2.15. The van der Waals surface area contributed by atoms with Crippen molar-refractivity contribution in [3.63, 3.8) is 0 Å². The quantitative estimate of drug-likeness (QED) is 0.403. The molecule has 0 amide bonds. The van der Waals surface area contributed by atoms with Crippen molar-refractivity contribution in [1.29, 1.82) is 0 Å². The summed E-state index contributed by atoms with van der Waals surface area (Å²) in [5, 5.41) is 10.6. The standard InChI is InChI=1S/C16H24N4OS.HI/c1-5-17-16(19-10-14-7-6-11(2)22-14)18-9-8-15-12(3)20-21-13(15)4;/h6-7H,5,8-10H2,1-4H3,(H2,17,18,19);1H. The van der Waals surface area contributed by atoms with E-state index in [0.717, 1.165) is 36.9 Å². The first kappa shape index (κ1) is 20.0. The number of hydrogen-bond donors (Lipinski definition) is 2. The van der Waals surface area contributed by atoms with E-state index in [1.165, 1.54) is 15.3 Å². The van der Waals surface area contributed by atoms with Crippen LogP contribution in [-0.2, 0) is 13.0 Å². The van der Waals surface area contributed by atoms with Crippen molar-refractivity contribution in [2.75, 3.05) is 13.1 Å². The van der Waals surface area contributed by atoms with Crippen LogP contribution in [0, 0.1) is 20.8 Å². The first-order valence-corrected chi connectivity index (χ1v) is 8.41. The number of aromatic nitrogens is 1. The maximum atomic E-state index is 5.19. The fourth-order valence-corrected chi connectivity index (χ4v) is 3.05. The molecule has 5 nitrogen and oxygen atoms in total. The molecule has 0 aliphatic carbocycles. The maximum Gasteiger partial charge on any atom is 0.191 e. The minimum atomic E-state index is 0. The van der Waals surface area contributed by atoms with Gasteiger partial charge in [-0.2, -0.15) is 0 Å². The SMILES string of the molecule is CCNC(=NCc1ccc(C)s1)NCCc1c(C)noc1C.I. The summed E-state index contributed by atoms with van der Waals surface area (Å²) in [7, 11) is 0. The summed E-state index contributed by atoms with van der Waals surface area (Å²) >= 11 is 1.79. The van der Waals surface area contributed by atoms with E-state index in [0.29, 0.717) is 6.54 Å². The summed E-state index contributed by atoms with van der Waals surface area (Å²) in [6.45, 7) is 10.5. The Morgan fingerprint density at radius 2 is 2.04 bits per heavy atom. The molecule has 2 N–H and O–H groups in total. The molecular weight excluding hydrogens is 423 g/mol. The van der Waals surface area contributed by atoms with Crippen LogP contribution in [0.4, 0.5) is 0 Å². The second-order valence-electron chi connectivity index (χ2n) is 5.19. The maximum absolute atomic E-state index is 5.19. The molecule has 2 rings (SSSR count). The van der Waals surface area contributed by atoms with Crippen LogP contribution in [0.15, 0.2) is 21.6 Å². The number of nitrogens with zero attached hydrogens (tertiary/aromatic N) is 2. The molecule has 0 aromatic carbocycles. The van der Waals surface area contributed by atoms with Crippen molar-refractivity contribution in [1.82, 2.24) is 15.8 Å². The molecule has 23 heavy (non-hydrogen) atoms. The van der Waals surface area contributed by atoms with Gasteiger partial charge in [-0.3, -0.25) is 0 Å². The van der Waals surface area contributed by atoms with E-state index in [4.69, 9.17) is 4.52 Å². The van der Waals surface area contributed by atoms with Crippen LogP contribution in [0.5, 0.6) is 0 Å². The number of aliphatic imine (C=N–C) groups is 1. The zero-order valence-electron chi connectivity index (χ0n) is 14.1. The zero-order valence-corrected chi connectivity index (χ0v) is 17.2. The summed E-state index contributed by atoms with van der Waals surface area (Å²) in [6.07, 6.45) is 0.879. The van der Waals surface area contributed by atoms with E-state index in [1.807, 2.05) is 13.8 Å². The summed E-state index contributed by atoms with van der Waals surface area (Å²) in [4.78, 5) is 7.23. The molecule has 0 spiro atoms. The van der Waals surface area contributed by atoms with Gasteiger partial charge in [0, 0.05) is 28.4 Å². The Balaban J connectivity index is 0.00000264. The molecule has 0 bridgehead atoms. The van der Waals surface area contributed by atoms with Gasteiger partial charge in [0.25, 0.3) is 0 Å². The number of halogens is 1. The molecule has 0 aliphatic heterocycles. The number of nitrogens with one attached hydrogen (secondary N) is 2. The fourth-order valence-electron chi connectivity index (χ4n) is 2.23. The molecule has 2 heterocycles. The van der Waals surface area contributed by atoms with Gasteiger partial charge in [0.15, 0.2) is 5.96 Å². The Bertz CT molecular complexity index is 616. The molecule has 2 aromatic heterocycles. The minimum absolute atomic E-state index is 0. The van der Waals surface area contributed by atoms with Crippen LogP contribution in [0.25, 0.3) is 0 Å². The Kier molecular flexibility index (Phi) is 8.60. The van der Waals surface area contributed by atoms with E-state index in [9.17, 15) is 0 Å². The summed E-state index contributed by atoms with van der Waals surface area (Å²) in [5.74, 6) is 1.75. The average molecular weight is 448 g/mol. The van der Waals surface area contributed by atoms with E-state index in [-0.39, 0.29) is 24.0 Å². The van der Waals surface area contributed by atoms with Gasteiger partial charge in [0.2, 0.25) is 0 Å². The molecule has 128 valence electrons. The number of thiophene rings is 1. The van der Waals surface area contributed by atoms with Crippen LogP contribution >= 0.6 is 35.3 Å². The van der Waals surface area contributed by atoms with Crippen LogP contribution in [-0.4, -0.2) is 24.2 Å². The van der Waals surface area contributed by atoms with Crippen molar-refractivity contribution in [2.24, 2.45) is 4.99 Å². The Morgan fingerprint density at radius 3 is 2.61 bits per heavy atom. The third kappa shape index (κ3) is 6.14. The second-order valence-corrected chi connectivity index (χ2v) is 6.56. The van der Waals surface area contributed by atoms with E-state index in [1.54, 1.807) is 11.3 Å². The van der Waals surface area contributed by atoms with Gasteiger partial charge in [-0.1, -0.05) is 5.16 Å². The third-order valence-electron chi connectivity index (χ3n) is 3.38. The highest BCUT2D eigenvalue weighted by atomic mass is 127. The number of aryl methyl sites for hydroxylation is 3. The molecular formula is C16H25IN4OS. The predicted molar refractivity (Wildman–Crippen MR) is 107 cm³/mol. The minimum Gasteiger partial charge on any atom is -0.361 e. The molecule has 0 saturated carbocycles. The largest absolute Gasteiger partial charge is 0.361 e. The molecule has 7 heteroatoms. The normalized spacial score (nSPS) is 11.2. The summed E-state index contributed by atoms with van der Waals surface area (Å²) in [6, 6.07) is 4.27. The van der Waals surface area contributed by atoms with Crippen molar-refractivity contribution in [3.8, 4) is 0 Å². The van der Waals surface area contributed by atoms with Crippen molar-refractivity contribution in [2.45, 2.75) is 40.7 Å². The molecule has 0 radical (unpaired) electrons. The van der Waals surface area contributed by atoms with Crippen LogP contribution in [0.2, 0.25) is 0 Å². The van der Waals surface area contributed by atoms with Crippen molar-refractivity contribution < 1.29 is 4.52 Å². The van der Waals surface area contributed by atoms with E-state index >= 15 is 0 Å². The van der Waals surface area contributed by atoms with Gasteiger partial charge in [-0.05, 0) is 46.2 Å². The Hall–Kier alpha value is -1.09. The highest BCUT2D eigenvalue weighted by Gasteiger charge is 2.08. The molecule has 0 fully saturated rings. The molecule has 0 aliphatic rings. The Labute approximate surface area is 159 Å². The third-order valence-corrected chi connectivity index (χ3v) is 4.37. The van der Waals surface area contributed by atoms with Crippen molar-refractivity contribution >= 4 is 41.3 Å². The summed E-state index contributed by atoms with van der Waals surface area (Å²) < 4.78 is 5.19. The average Bonchev–Trinajstić information content (AvgIpc) is 3.04. The number of rotatable bonds is 6. The second kappa shape index (κ2) is 9.92. The van der Waals surface area contributed by atoms with E-state index < -0.39 is 0 Å². The van der Waals surface area contributed by atoms with Crippen molar-refractivity contribution in [3.05, 3.63) is 38.9 Å². The predicted octanol–water partition coefficient (Wildman–Crippen LogP) is 3.58. The van der Waals surface area contributed by atoms with Gasteiger partial charge in [-0.25, -0.2) is 4.99 Å². The monoisotopic (exact) mass is 448 g/mol. The topological polar surface area (TPSA) is 62.5 Å². The zero-order chi connectivity index (χ0) is 15.9. The van der Waals surface area contributed by atoms with Crippen LogP contribution in [0.1, 0.15) is 33.7 Å². The molecule has 2 aromatic rings. The highest BCUT2D eigenvalue weighted by molar-refractivity contribution is 14.0. The lowest BCUT2D eigenvalue weighted by molar-refractivity contribution is 0.392. The van der Waals surface area contributed by atoms with E-state index in [2.05, 4.69) is 46.8 Å². The van der Waals surface area contributed by atoms with Crippen LogP contribution < -0.4 is 10.6 Å². The van der Waals surface area contributed by atoms with Gasteiger partial charge < -0.3 is 15.2 Å². The smallest absolute Gasteiger partial charge is 0.191 e. The molecule has 0 atom stereocenters. The van der Waals surface area contributed by atoms with Gasteiger partial charge >= 0.3 is 0 Å². The Morgan fingerprint density at radius 1 is 1.26 bits per heavy atom. The lowest BCUT2D eigenvalue weighted by Crippen LogP contribution is -2.38. The number of guanidine groups is 1. The summed E-state index contributed by atoms with van der Waals surface area (Å²) in [5.41, 5.74) is 2.15. The lowest BCUT2D eigenvalue weighted by atomic mass is 10.1. The van der Waals surface area contributed by atoms with Crippen LogP contribution in [0.3, 0.4) is 0 Å². The first-order chi connectivity index (χ1) is 10.6. The first-order valence-electron chi connectivity index (χ1n) is 7.59. The molecule has 0 saturated heterocycles. The van der Waals surface area contributed by atoms with Gasteiger partial charge in [-0.15, -0.1) is 35.3 Å². The van der Waals surface area contributed by atoms with Gasteiger partial charge in [0.05, 0.1) is 12.2 Å². The fraction of sp³-hybridized carbons (Fsp3) is 0.500. The lowest BCUT2D eigenvalue weighted by Gasteiger charge is -2.10. The van der Waals surface area contributed by atoms with Gasteiger partial charge in [0.1, 0.15) is 5.76 Å². The molecule has 0 unspecified atom stereocenters. The number of hydrogen-bond acceptors (Lipinski definition) is 4.